The van der Waals surface area contributed by atoms with Crippen molar-refractivity contribution in [2.45, 2.75) is 19.8 Å². The molecule has 0 saturated carbocycles. The Balaban J connectivity index is 2.09. The van der Waals surface area contributed by atoms with Crippen LogP contribution in [-0.2, 0) is 0 Å². The quantitative estimate of drug-likeness (QED) is 0.633. The number of benzene rings is 1. The fourth-order valence-corrected chi connectivity index (χ4v) is 2.98. The van der Waals surface area contributed by atoms with Gasteiger partial charge in [-0.05, 0) is 25.8 Å². The van der Waals surface area contributed by atoms with Crippen LogP contribution in [0.25, 0.3) is 21.8 Å². The van der Waals surface area contributed by atoms with Crippen molar-refractivity contribution in [1.82, 2.24) is 15.2 Å². The number of aryl methyl sites for hydroxylation is 1. The van der Waals surface area contributed by atoms with E-state index in [9.17, 15) is 0 Å². The predicted molar refractivity (Wildman–Crippen MR) is 81.0 cm³/mol. The van der Waals surface area contributed by atoms with Crippen molar-refractivity contribution in [2.75, 3.05) is 18.0 Å². The van der Waals surface area contributed by atoms with Gasteiger partial charge in [0.15, 0.2) is 0 Å². The molecule has 0 radical (unpaired) electrons. The number of anilines is 1. The molecule has 1 aliphatic rings. The van der Waals surface area contributed by atoms with Crippen molar-refractivity contribution in [1.29, 1.82) is 0 Å². The van der Waals surface area contributed by atoms with Crippen LogP contribution in [0.3, 0.4) is 0 Å². The molecule has 4 heteroatoms. The average molecular weight is 264 g/mol. The first-order valence-corrected chi connectivity index (χ1v) is 7.11. The van der Waals surface area contributed by atoms with Crippen molar-refractivity contribution in [2.24, 2.45) is 0 Å². The van der Waals surface area contributed by atoms with Gasteiger partial charge in [-0.2, -0.15) is 5.10 Å². The number of pyridine rings is 1. The molecule has 0 atom stereocenters. The molecule has 2 aromatic heterocycles. The number of rotatable bonds is 1. The first-order chi connectivity index (χ1) is 9.83. The minimum Gasteiger partial charge on any atom is -0.356 e. The third-order valence-corrected chi connectivity index (χ3v) is 3.95. The van der Waals surface area contributed by atoms with Crippen LogP contribution in [-0.4, -0.2) is 28.3 Å². The molecule has 1 aliphatic heterocycles. The third-order valence-electron chi connectivity index (χ3n) is 3.95. The van der Waals surface area contributed by atoms with Crippen LogP contribution in [0.4, 0.5) is 5.82 Å². The van der Waals surface area contributed by atoms with Gasteiger partial charge >= 0.3 is 0 Å². The van der Waals surface area contributed by atoms with E-state index in [0.29, 0.717) is 0 Å². The molecule has 100 valence electrons. The van der Waals surface area contributed by atoms with E-state index in [1.54, 1.807) is 0 Å². The summed E-state index contributed by atoms with van der Waals surface area (Å²) >= 11 is 0. The van der Waals surface area contributed by atoms with Crippen molar-refractivity contribution in [3.8, 4) is 0 Å². The summed E-state index contributed by atoms with van der Waals surface area (Å²) in [5.41, 5.74) is 2.75. The Labute approximate surface area is 117 Å². The van der Waals surface area contributed by atoms with Crippen LogP contribution in [0.2, 0.25) is 0 Å². The molecule has 3 heterocycles. The SMILES string of the molecule is Cc1cc2nc(N3CCCC3)c3ccccc3c2nn1. The Morgan fingerprint density at radius 2 is 1.75 bits per heavy atom. The van der Waals surface area contributed by atoms with Crippen molar-refractivity contribution < 1.29 is 0 Å². The standard InChI is InChI=1S/C16H16N4/c1-11-10-14-15(19-18-11)12-6-2-3-7-13(12)16(17-14)20-8-4-5-9-20/h2-3,6-7,10H,4-5,8-9H2,1H3. The highest BCUT2D eigenvalue weighted by Gasteiger charge is 2.18. The number of fused-ring (bicyclic) bond motifs is 3. The lowest BCUT2D eigenvalue weighted by atomic mass is 10.1. The maximum Gasteiger partial charge on any atom is 0.137 e. The van der Waals surface area contributed by atoms with Gasteiger partial charge in [0.1, 0.15) is 11.3 Å². The van der Waals surface area contributed by atoms with Gasteiger partial charge in [-0.25, -0.2) is 4.98 Å². The summed E-state index contributed by atoms with van der Waals surface area (Å²) in [6.07, 6.45) is 2.50. The van der Waals surface area contributed by atoms with Crippen LogP contribution in [0.5, 0.6) is 0 Å². The highest BCUT2D eigenvalue weighted by atomic mass is 15.2. The molecule has 20 heavy (non-hydrogen) atoms. The number of aromatic nitrogens is 3. The van der Waals surface area contributed by atoms with Crippen LogP contribution in [0.15, 0.2) is 30.3 Å². The molecule has 1 aromatic carbocycles. The Hall–Kier alpha value is -2.23. The van der Waals surface area contributed by atoms with E-state index in [1.807, 2.05) is 13.0 Å². The number of hydrogen-bond donors (Lipinski definition) is 0. The second-order valence-corrected chi connectivity index (χ2v) is 5.39. The molecular weight excluding hydrogens is 248 g/mol. The summed E-state index contributed by atoms with van der Waals surface area (Å²) in [5.74, 6) is 1.10. The van der Waals surface area contributed by atoms with E-state index in [1.165, 1.54) is 18.2 Å². The fraction of sp³-hybridized carbons (Fsp3) is 0.312. The Kier molecular flexibility index (Phi) is 2.55. The molecule has 1 fully saturated rings. The van der Waals surface area contributed by atoms with E-state index in [0.717, 1.165) is 41.0 Å². The molecule has 0 aliphatic carbocycles. The molecule has 4 rings (SSSR count). The zero-order valence-corrected chi connectivity index (χ0v) is 11.5. The summed E-state index contributed by atoms with van der Waals surface area (Å²) < 4.78 is 0. The minimum absolute atomic E-state index is 0.897. The van der Waals surface area contributed by atoms with E-state index >= 15 is 0 Å². The minimum atomic E-state index is 0.897. The third kappa shape index (κ3) is 1.72. The van der Waals surface area contributed by atoms with Gasteiger partial charge in [0.25, 0.3) is 0 Å². The van der Waals surface area contributed by atoms with Crippen LogP contribution in [0.1, 0.15) is 18.5 Å². The van der Waals surface area contributed by atoms with Crippen molar-refractivity contribution >= 4 is 27.6 Å². The summed E-state index contributed by atoms with van der Waals surface area (Å²) in [7, 11) is 0. The first-order valence-electron chi connectivity index (χ1n) is 7.11. The highest BCUT2D eigenvalue weighted by Crippen LogP contribution is 2.31. The van der Waals surface area contributed by atoms with E-state index < -0.39 is 0 Å². The van der Waals surface area contributed by atoms with E-state index in [-0.39, 0.29) is 0 Å². The normalized spacial score (nSPS) is 15.3. The zero-order valence-electron chi connectivity index (χ0n) is 11.5. The summed E-state index contributed by atoms with van der Waals surface area (Å²) in [5, 5.41) is 10.9. The van der Waals surface area contributed by atoms with Crippen LogP contribution >= 0.6 is 0 Å². The summed E-state index contributed by atoms with van der Waals surface area (Å²) in [4.78, 5) is 7.26. The van der Waals surface area contributed by atoms with Crippen molar-refractivity contribution in [3.63, 3.8) is 0 Å². The van der Waals surface area contributed by atoms with Gasteiger partial charge in [-0.1, -0.05) is 24.3 Å². The van der Waals surface area contributed by atoms with Gasteiger partial charge in [-0.15, -0.1) is 5.10 Å². The second kappa shape index (κ2) is 4.40. The van der Waals surface area contributed by atoms with E-state index in [2.05, 4.69) is 39.4 Å². The molecule has 0 amide bonds. The molecule has 0 unspecified atom stereocenters. The lowest BCUT2D eigenvalue weighted by molar-refractivity contribution is 0.948. The molecular formula is C16H16N4. The van der Waals surface area contributed by atoms with Gasteiger partial charge in [0, 0.05) is 23.9 Å². The maximum absolute atomic E-state index is 4.87. The van der Waals surface area contributed by atoms with Gasteiger partial charge in [0.05, 0.1) is 11.2 Å². The Morgan fingerprint density at radius 1 is 1.00 bits per heavy atom. The van der Waals surface area contributed by atoms with Crippen molar-refractivity contribution in [3.05, 3.63) is 36.0 Å². The second-order valence-electron chi connectivity index (χ2n) is 5.39. The Morgan fingerprint density at radius 3 is 2.55 bits per heavy atom. The molecule has 1 saturated heterocycles. The first kappa shape index (κ1) is 11.6. The van der Waals surface area contributed by atoms with Crippen LogP contribution in [0, 0.1) is 6.92 Å². The van der Waals surface area contributed by atoms with E-state index in [4.69, 9.17) is 4.98 Å². The van der Waals surface area contributed by atoms with Gasteiger partial charge < -0.3 is 4.90 Å². The van der Waals surface area contributed by atoms with Crippen LogP contribution < -0.4 is 4.90 Å². The smallest absolute Gasteiger partial charge is 0.137 e. The average Bonchev–Trinajstić information content (AvgIpc) is 3.00. The predicted octanol–water partition coefficient (Wildman–Crippen LogP) is 3.09. The zero-order chi connectivity index (χ0) is 13.5. The molecule has 3 aromatic rings. The maximum atomic E-state index is 4.87. The molecule has 0 bridgehead atoms. The topological polar surface area (TPSA) is 41.9 Å². The van der Waals surface area contributed by atoms with Gasteiger partial charge in [0.2, 0.25) is 0 Å². The molecule has 0 spiro atoms. The fourth-order valence-electron chi connectivity index (χ4n) is 2.98. The number of hydrogen-bond acceptors (Lipinski definition) is 4. The molecule has 0 N–H and O–H groups in total. The lowest BCUT2D eigenvalue weighted by Gasteiger charge is -2.19. The Bertz CT molecular complexity index is 791. The summed E-state index contributed by atoms with van der Waals surface area (Å²) in [6, 6.07) is 10.4. The highest BCUT2D eigenvalue weighted by molar-refractivity contribution is 6.08. The molecule has 4 nitrogen and oxygen atoms in total. The van der Waals surface area contributed by atoms with Gasteiger partial charge in [-0.3, -0.25) is 0 Å². The monoisotopic (exact) mass is 264 g/mol. The lowest BCUT2D eigenvalue weighted by Crippen LogP contribution is -2.19. The largest absolute Gasteiger partial charge is 0.356 e. The number of nitrogens with zero attached hydrogens (tertiary/aromatic N) is 4. The summed E-state index contributed by atoms with van der Waals surface area (Å²) in [6.45, 7) is 4.15.